The van der Waals surface area contributed by atoms with Crippen molar-refractivity contribution in [3.8, 4) is 0 Å². The summed E-state index contributed by atoms with van der Waals surface area (Å²) in [5.74, 6) is 0.0410. The lowest BCUT2D eigenvalue weighted by molar-refractivity contribution is -0.124. The van der Waals surface area contributed by atoms with E-state index < -0.39 is 6.61 Å². The van der Waals surface area contributed by atoms with Crippen LogP contribution in [0.3, 0.4) is 0 Å². The van der Waals surface area contributed by atoms with Gasteiger partial charge < -0.3 is 15.5 Å². The third-order valence-corrected chi connectivity index (χ3v) is 2.49. The molecule has 0 heterocycles. The Labute approximate surface area is 78.0 Å². The molecule has 4 heteroatoms. The molecule has 0 aromatic carbocycles. The third kappa shape index (κ3) is 3.74. The SMILES string of the molecule is O=C(CO)NCC1CCCC(O)C1. The average Bonchev–Trinajstić information content (AvgIpc) is 2.14. The molecule has 2 unspecified atom stereocenters. The summed E-state index contributed by atoms with van der Waals surface area (Å²) in [6.07, 6.45) is 3.53. The molecule has 1 aliphatic rings. The van der Waals surface area contributed by atoms with Crippen molar-refractivity contribution in [1.29, 1.82) is 0 Å². The van der Waals surface area contributed by atoms with E-state index in [2.05, 4.69) is 5.32 Å². The van der Waals surface area contributed by atoms with Gasteiger partial charge in [0.15, 0.2) is 0 Å². The molecule has 0 radical (unpaired) electrons. The Bertz CT molecular complexity index is 172. The topological polar surface area (TPSA) is 69.6 Å². The van der Waals surface area contributed by atoms with Gasteiger partial charge in [-0.3, -0.25) is 4.79 Å². The van der Waals surface area contributed by atoms with Crippen LogP contribution in [0.5, 0.6) is 0 Å². The molecule has 4 nitrogen and oxygen atoms in total. The van der Waals surface area contributed by atoms with Crippen LogP contribution in [0.15, 0.2) is 0 Å². The first kappa shape index (κ1) is 10.5. The lowest BCUT2D eigenvalue weighted by atomic mass is 9.87. The van der Waals surface area contributed by atoms with E-state index in [1.165, 1.54) is 0 Å². The summed E-state index contributed by atoms with van der Waals surface area (Å²) in [5, 5.41) is 20.4. The molecule has 1 aliphatic carbocycles. The van der Waals surface area contributed by atoms with Crippen LogP contribution >= 0.6 is 0 Å². The minimum absolute atomic E-state index is 0.204. The Kier molecular flexibility index (Phi) is 4.18. The Balaban J connectivity index is 2.17. The van der Waals surface area contributed by atoms with Crippen LogP contribution in [-0.2, 0) is 4.79 Å². The number of rotatable bonds is 3. The smallest absolute Gasteiger partial charge is 0.245 e. The van der Waals surface area contributed by atoms with E-state index in [0.29, 0.717) is 12.5 Å². The van der Waals surface area contributed by atoms with Crippen molar-refractivity contribution >= 4 is 5.91 Å². The molecule has 76 valence electrons. The molecular weight excluding hydrogens is 170 g/mol. The molecule has 13 heavy (non-hydrogen) atoms. The van der Waals surface area contributed by atoms with E-state index in [1.807, 2.05) is 0 Å². The fourth-order valence-corrected chi connectivity index (χ4v) is 1.76. The third-order valence-electron chi connectivity index (χ3n) is 2.49. The molecule has 0 saturated heterocycles. The maximum absolute atomic E-state index is 10.7. The summed E-state index contributed by atoms with van der Waals surface area (Å²) in [7, 11) is 0. The van der Waals surface area contributed by atoms with E-state index in [9.17, 15) is 9.90 Å². The van der Waals surface area contributed by atoms with Gasteiger partial charge in [0, 0.05) is 6.54 Å². The zero-order valence-electron chi connectivity index (χ0n) is 7.70. The monoisotopic (exact) mass is 187 g/mol. The molecule has 2 atom stereocenters. The first-order valence-corrected chi connectivity index (χ1v) is 4.78. The number of carbonyl (C=O) groups excluding carboxylic acids is 1. The van der Waals surface area contributed by atoms with Crippen LogP contribution in [0, 0.1) is 5.92 Å². The lowest BCUT2D eigenvalue weighted by Gasteiger charge is -2.25. The normalized spacial score (nSPS) is 28.5. The van der Waals surface area contributed by atoms with E-state index in [4.69, 9.17) is 5.11 Å². The zero-order chi connectivity index (χ0) is 9.68. The molecule has 0 spiro atoms. The maximum atomic E-state index is 10.7. The fourth-order valence-electron chi connectivity index (χ4n) is 1.76. The van der Waals surface area contributed by atoms with Crippen molar-refractivity contribution in [3.05, 3.63) is 0 Å². The largest absolute Gasteiger partial charge is 0.393 e. The van der Waals surface area contributed by atoms with Gasteiger partial charge in [0.2, 0.25) is 5.91 Å². The predicted octanol–water partition coefficient (Wildman–Crippen LogP) is -0.354. The van der Waals surface area contributed by atoms with E-state index in [0.717, 1.165) is 25.7 Å². The summed E-state index contributed by atoms with van der Waals surface area (Å²) in [5.41, 5.74) is 0. The van der Waals surface area contributed by atoms with Gasteiger partial charge in [-0.15, -0.1) is 0 Å². The van der Waals surface area contributed by atoms with Crippen LogP contribution < -0.4 is 5.32 Å². The Morgan fingerprint density at radius 3 is 2.85 bits per heavy atom. The molecule has 1 fully saturated rings. The van der Waals surface area contributed by atoms with Gasteiger partial charge in [0.25, 0.3) is 0 Å². The molecule has 0 aromatic rings. The standard InChI is InChI=1S/C9H17NO3/c11-6-9(13)10-5-7-2-1-3-8(12)4-7/h7-8,11-12H,1-6H2,(H,10,13). The number of aliphatic hydroxyl groups excluding tert-OH is 2. The lowest BCUT2D eigenvalue weighted by Crippen LogP contribution is -2.34. The molecular formula is C9H17NO3. The second-order valence-electron chi connectivity index (χ2n) is 3.65. The highest BCUT2D eigenvalue weighted by molar-refractivity contribution is 5.76. The summed E-state index contributed by atoms with van der Waals surface area (Å²) in [4.78, 5) is 10.7. The van der Waals surface area contributed by atoms with Crippen molar-refractivity contribution in [1.82, 2.24) is 5.32 Å². The van der Waals surface area contributed by atoms with Crippen LogP contribution in [0.4, 0.5) is 0 Å². The van der Waals surface area contributed by atoms with E-state index in [-0.39, 0.29) is 12.0 Å². The fraction of sp³-hybridized carbons (Fsp3) is 0.889. The zero-order valence-corrected chi connectivity index (χ0v) is 7.70. The van der Waals surface area contributed by atoms with Gasteiger partial charge in [0.05, 0.1) is 6.10 Å². The highest BCUT2D eigenvalue weighted by Crippen LogP contribution is 2.23. The van der Waals surface area contributed by atoms with Crippen molar-refractivity contribution in [3.63, 3.8) is 0 Å². The van der Waals surface area contributed by atoms with Gasteiger partial charge >= 0.3 is 0 Å². The minimum Gasteiger partial charge on any atom is -0.393 e. The number of carbonyl (C=O) groups is 1. The summed E-state index contributed by atoms with van der Waals surface area (Å²) in [6.45, 7) is 0.131. The van der Waals surface area contributed by atoms with Crippen molar-refractivity contribution in [2.45, 2.75) is 31.8 Å². The molecule has 0 aliphatic heterocycles. The second-order valence-corrected chi connectivity index (χ2v) is 3.65. The molecule has 1 rings (SSSR count). The number of hydrogen-bond acceptors (Lipinski definition) is 3. The van der Waals surface area contributed by atoms with Gasteiger partial charge in [-0.2, -0.15) is 0 Å². The average molecular weight is 187 g/mol. The minimum atomic E-state index is -0.449. The van der Waals surface area contributed by atoms with Crippen LogP contribution in [0.1, 0.15) is 25.7 Å². The Morgan fingerprint density at radius 2 is 2.23 bits per heavy atom. The van der Waals surface area contributed by atoms with Crippen LogP contribution in [-0.4, -0.2) is 35.4 Å². The van der Waals surface area contributed by atoms with Gasteiger partial charge in [-0.05, 0) is 25.2 Å². The first-order chi connectivity index (χ1) is 6.22. The van der Waals surface area contributed by atoms with Crippen LogP contribution in [0.2, 0.25) is 0 Å². The van der Waals surface area contributed by atoms with Crippen molar-refractivity contribution < 1.29 is 15.0 Å². The number of hydrogen-bond donors (Lipinski definition) is 3. The summed E-state index contributed by atoms with van der Waals surface area (Å²) in [6, 6.07) is 0. The Morgan fingerprint density at radius 1 is 1.46 bits per heavy atom. The molecule has 1 amide bonds. The number of amides is 1. The second kappa shape index (κ2) is 5.19. The Hall–Kier alpha value is -0.610. The van der Waals surface area contributed by atoms with E-state index in [1.54, 1.807) is 0 Å². The maximum Gasteiger partial charge on any atom is 0.245 e. The van der Waals surface area contributed by atoms with Gasteiger partial charge in [-0.1, -0.05) is 6.42 Å². The van der Waals surface area contributed by atoms with Gasteiger partial charge in [-0.25, -0.2) is 0 Å². The number of aliphatic hydroxyl groups is 2. The van der Waals surface area contributed by atoms with Crippen LogP contribution in [0.25, 0.3) is 0 Å². The predicted molar refractivity (Wildman–Crippen MR) is 48.1 cm³/mol. The highest BCUT2D eigenvalue weighted by Gasteiger charge is 2.20. The molecule has 0 bridgehead atoms. The quantitative estimate of drug-likeness (QED) is 0.565. The highest BCUT2D eigenvalue weighted by atomic mass is 16.3. The number of nitrogens with one attached hydrogen (secondary N) is 1. The van der Waals surface area contributed by atoms with Gasteiger partial charge in [0.1, 0.15) is 6.61 Å². The molecule has 0 aromatic heterocycles. The summed E-state index contributed by atoms with van der Waals surface area (Å²) < 4.78 is 0. The van der Waals surface area contributed by atoms with Crippen molar-refractivity contribution in [2.75, 3.05) is 13.2 Å². The first-order valence-electron chi connectivity index (χ1n) is 4.78. The van der Waals surface area contributed by atoms with Crippen molar-refractivity contribution in [2.24, 2.45) is 5.92 Å². The van der Waals surface area contributed by atoms with E-state index >= 15 is 0 Å². The summed E-state index contributed by atoms with van der Waals surface area (Å²) >= 11 is 0. The molecule has 3 N–H and O–H groups in total. The molecule has 1 saturated carbocycles.